The van der Waals surface area contributed by atoms with Crippen molar-refractivity contribution in [1.29, 1.82) is 0 Å². The highest BCUT2D eigenvalue weighted by Crippen LogP contribution is 2.67. The molecular weight excluding hydrogens is 782 g/mol. The Morgan fingerprint density at radius 1 is 1.03 bits per heavy atom. The Bertz CT molecular complexity index is 2340. The van der Waals surface area contributed by atoms with E-state index in [0.29, 0.717) is 56.7 Å². The molecule has 1 aliphatic carbocycles. The van der Waals surface area contributed by atoms with Crippen LogP contribution in [0.3, 0.4) is 0 Å². The van der Waals surface area contributed by atoms with Crippen molar-refractivity contribution in [3.8, 4) is 5.75 Å². The standard InChI is InChI=1S/C45H51F3N4O8/c1-6-26-19-27-22-43(39(54)57-4,35-29(13-17-51(23-26)24-27)28-11-8-9-12-32(28)49-35)31-20-30-33(21-34(31)60-45(46,47)48)50-36-42(30)15-18-52-16-10-14-41(7-2,37(42)52)38(59-25(3)53)44(36,56)40(55)58-5/h8-12,14,19-21,27,36-38,49-50,56H,6-7,13,15-18,22-24H2,1-5H3. The van der Waals surface area contributed by atoms with Crippen LogP contribution in [0.1, 0.15) is 68.8 Å². The molecule has 9 atom stereocenters. The van der Waals surface area contributed by atoms with Crippen LogP contribution in [-0.4, -0.2) is 115 Å². The van der Waals surface area contributed by atoms with Gasteiger partial charge in [0.1, 0.15) is 11.2 Å². The number of benzene rings is 2. The first-order valence-electron chi connectivity index (χ1n) is 20.8. The molecule has 3 N–H and O–H groups in total. The number of hydrogen-bond donors (Lipinski definition) is 3. The van der Waals surface area contributed by atoms with Gasteiger partial charge in [-0.25, -0.2) is 4.79 Å². The maximum Gasteiger partial charge on any atom is 0.573 e. The van der Waals surface area contributed by atoms with Crippen molar-refractivity contribution in [2.24, 2.45) is 11.3 Å². The summed E-state index contributed by atoms with van der Waals surface area (Å²) in [7, 11) is 2.38. The summed E-state index contributed by atoms with van der Waals surface area (Å²) in [6.45, 7) is 8.15. The maximum atomic E-state index is 15.2. The van der Waals surface area contributed by atoms with Crippen molar-refractivity contribution in [3.63, 3.8) is 0 Å². The van der Waals surface area contributed by atoms with Crippen LogP contribution >= 0.6 is 0 Å². The van der Waals surface area contributed by atoms with Gasteiger partial charge in [-0.3, -0.25) is 19.4 Å². The molecule has 2 aromatic carbocycles. The Morgan fingerprint density at radius 2 is 1.80 bits per heavy atom. The number of H-pyrrole nitrogens is 1. The lowest BCUT2D eigenvalue weighted by molar-refractivity contribution is -0.275. The number of alkyl halides is 3. The number of fused-ring (bicyclic) bond motifs is 6. The van der Waals surface area contributed by atoms with Crippen LogP contribution in [0, 0.1) is 11.3 Å². The lowest BCUT2D eigenvalue weighted by Gasteiger charge is -2.62. The van der Waals surface area contributed by atoms with Crippen molar-refractivity contribution in [1.82, 2.24) is 14.8 Å². The summed E-state index contributed by atoms with van der Waals surface area (Å²) >= 11 is 0. The average Bonchev–Trinajstić information content (AvgIpc) is 3.91. The number of nitrogens with one attached hydrogen (secondary N) is 2. The second-order valence-electron chi connectivity index (χ2n) is 17.4. The maximum absolute atomic E-state index is 15.2. The number of para-hydroxylation sites is 1. The van der Waals surface area contributed by atoms with Gasteiger partial charge in [-0.15, -0.1) is 13.2 Å². The fraction of sp³-hybridized carbons (Fsp3) is 0.533. The first kappa shape index (κ1) is 40.5. The van der Waals surface area contributed by atoms with Crippen LogP contribution < -0.4 is 10.1 Å². The molecule has 60 heavy (non-hydrogen) atoms. The molecular formula is C45H51F3N4O8. The molecule has 1 spiro atoms. The monoisotopic (exact) mass is 832 g/mol. The van der Waals surface area contributed by atoms with E-state index in [2.05, 4.69) is 33.1 Å². The van der Waals surface area contributed by atoms with Gasteiger partial charge in [0.05, 0.1) is 20.3 Å². The molecule has 1 saturated heterocycles. The quantitative estimate of drug-likeness (QED) is 0.154. The van der Waals surface area contributed by atoms with Crippen LogP contribution in [0.5, 0.6) is 5.75 Å². The molecule has 2 bridgehead atoms. The predicted octanol–water partition coefficient (Wildman–Crippen LogP) is 5.66. The Hall–Kier alpha value is -4.86. The molecule has 15 heteroatoms. The van der Waals surface area contributed by atoms with Gasteiger partial charge < -0.3 is 34.4 Å². The molecule has 6 heterocycles. The molecule has 6 aliphatic rings. The SMILES string of the molecule is CCC1=CC2CN(CCc3c([nH]c4ccccc34)C(C(=O)OC)(c3cc4c(cc3OC(F)(F)F)NC3C(O)(C(=O)OC)C(OC(C)=O)C5(CC)C=CCN6CCC43C65)C2)C1. The summed E-state index contributed by atoms with van der Waals surface area (Å²) < 4.78 is 66.7. The lowest BCUT2D eigenvalue weighted by atomic mass is 9.47. The number of methoxy groups -OCH3 is 2. The summed E-state index contributed by atoms with van der Waals surface area (Å²) in [6, 6.07) is 8.74. The largest absolute Gasteiger partial charge is 0.573 e. The summed E-state index contributed by atoms with van der Waals surface area (Å²) in [5.74, 6) is -3.43. The second kappa shape index (κ2) is 14.1. The Labute approximate surface area is 346 Å². The number of aromatic amines is 1. The van der Waals surface area contributed by atoms with E-state index in [9.17, 15) is 27.9 Å². The number of aromatic nitrogens is 1. The summed E-state index contributed by atoms with van der Waals surface area (Å²) in [4.78, 5) is 50.4. The van der Waals surface area contributed by atoms with Gasteiger partial charge in [0.2, 0.25) is 5.60 Å². The van der Waals surface area contributed by atoms with E-state index in [0.717, 1.165) is 36.5 Å². The number of hydrogen-bond acceptors (Lipinski definition) is 11. The molecule has 12 nitrogen and oxygen atoms in total. The van der Waals surface area contributed by atoms with Crippen LogP contribution in [0.2, 0.25) is 0 Å². The normalized spacial score (nSPS) is 34.1. The highest BCUT2D eigenvalue weighted by atomic mass is 19.4. The molecule has 9 unspecified atom stereocenters. The molecule has 9 rings (SSSR count). The van der Waals surface area contributed by atoms with Crippen LogP contribution in [-0.2, 0) is 45.8 Å². The zero-order chi connectivity index (χ0) is 42.6. The zero-order valence-electron chi connectivity index (χ0n) is 34.4. The molecule has 3 aromatic rings. The number of carbonyl (C=O) groups excluding carboxylic acids is 3. The predicted molar refractivity (Wildman–Crippen MR) is 214 cm³/mol. The minimum atomic E-state index is -5.19. The number of rotatable bonds is 7. The third kappa shape index (κ3) is 5.56. The van der Waals surface area contributed by atoms with E-state index in [4.69, 9.17) is 18.9 Å². The van der Waals surface area contributed by atoms with Gasteiger partial charge in [-0.1, -0.05) is 55.8 Å². The van der Waals surface area contributed by atoms with Crippen LogP contribution in [0.25, 0.3) is 10.9 Å². The van der Waals surface area contributed by atoms with E-state index < -0.39 is 70.1 Å². The van der Waals surface area contributed by atoms with Gasteiger partial charge in [0, 0.05) is 83.9 Å². The van der Waals surface area contributed by atoms with Gasteiger partial charge in [0.25, 0.3) is 0 Å². The number of aliphatic hydroxyl groups is 1. The molecule has 1 aromatic heterocycles. The third-order valence-electron chi connectivity index (χ3n) is 14.7. The van der Waals surface area contributed by atoms with E-state index in [-0.39, 0.29) is 23.6 Å². The van der Waals surface area contributed by atoms with Crippen molar-refractivity contribution < 1.29 is 51.6 Å². The number of halogens is 3. The lowest BCUT2D eigenvalue weighted by Crippen LogP contribution is -2.80. The van der Waals surface area contributed by atoms with Gasteiger partial charge in [0.15, 0.2) is 6.10 Å². The molecule has 320 valence electrons. The number of nitrogens with zero attached hydrogens (tertiary/aromatic N) is 2. The van der Waals surface area contributed by atoms with Crippen LogP contribution in [0.15, 0.2) is 60.2 Å². The molecule has 0 amide bonds. The van der Waals surface area contributed by atoms with Gasteiger partial charge in [-0.05, 0) is 67.8 Å². The first-order valence-corrected chi connectivity index (χ1v) is 20.8. The average molecular weight is 833 g/mol. The smallest absolute Gasteiger partial charge is 0.468 e. The van der Waals surface area contributed by atoms with Gasteiger partial charge in [-0.2, -0.15) is 0 Å². The highest BCUT2D eigenvalue weighted by Gasteiger charge is 2.79. The number of ether oxygens (including phenoxy) is 4. The topological polar surface area (TPSA) is 143 Å². The van der Waals surface area contributed by atoms with E-state index in [1.807, 2.05) is 43.3 Å². The van der Waals surface area contributed by atoms with Crippen molar-refractivity contribution in [2.45, 2.75) is 93.9 Å². The summed E-state index contributed by atoms with van der Waals surface area (Å²) in [5.41, 5.74) is -2.95. The minimum absolute atomic E-state index is 0.0452. The number of anilines is 1. The van der Waals surface area contributed by atoms with E-state index in [1.165, 1.54) is 25.7 Å². The van der Waals surface area contributed by atoms with Crippen LogP contribution in [0.4, 0.5) is 18.9 Å². The fourth-order valence-electron chi connectivity index (χ4n) is 12.6. The van der Waals surface area contributed by atoms with Crippen molar-refractivity contribution >= 4 is 34.5 Å². The summed E-state index contributed by atoms with van der Waals surface area (Å²) in [6.07, 6.45) is 1.38. The zero-order valence-corrected chi connectivity index (χ0v) is 34.4. The molecule has 2 fully saturated rings. The summed E-state index contributed by atoms with van der Waals surface area (Å²) in [5, 5.41) is 17.2. The van der Waals surface area contributed by atoms with Crippen molar-refractivity contribution in [3.05, 3.63) is 82.6 Å². The molecule has 1 saturated carbocycles. The fourth-order valence-corrected chi connectivity index (χ4v) is 12.6. The Morgan fingerprint density at radius 3 is 2.50 bits per heavy atom. The van der Waals surface area contributed by atoms with E-state index in [1.54, 1.807) is 6.07 Å². The second-order valence-corrected chi connectivity index (χ2v) is 17.4. The minimum Gasteiger partial charge on any atom is -0.468 e. The molecule has 5 aliphatic heterocycles. The molecule has 0 radical (unpaired) electrons. The van der Waals surface area contributed by atoms with Crippen molar-refractivity contribution in [2.75, 3.05) is 52.3 Å². The highest BCUT2D eigenvalue weighted by molar-refractivity contribution is 5.95. The first-order chi connectivity index (χ1) is 28.6. The number of esters is 3. The number of carbonyl (C=O) groups is 3. The third-order valence-corrected chi connectivity index (χ3v) is 14.7. The van der Waals surface area contributed by atoms with Gasteiger partial charge >= 0.3 is 24.3 Å². The Kier molecular flexibility index (Phi) is 9.53. The Balaban J connectivity index is 1.38. The van der Waals surface area contributed by atoms with E-state index >= 15 is 4.79 Å².